The number of Topliss-reactive ketones (excluding diaryl/α,β-unsaturated/α-hetero) is 1. The van der Waals surface area contributed by atoms with Crippen LogP contribution in [-0.4, -0.2) is 15.3 Å². The molecule has 2 heterocycles. The lowest BCUT2D eigenvalue weighted by molar-refractivity contribution is 0.102. The van der Waals surface area contributed by atoms with Crippen molar-refractivity contribution in [2.45, 2.75) is 27.3 Å². The average molecular weight is 360 g/mol. The van der Waals surface area contributed by atoms with E-state index in [1.807, 2.05) is 0 Å². The number of ketones is 1. The molecule has 0 saturated carbocycles. The van der Waals surface area contributed by atoms with Gasteiger partial charge in [0, 0.05) is 41.8 Å². The minimum atomic E-state index is 0.0647. The van der Waals surface area contributed by atoms with Gasteiger partial charge in [-0.1, -0.05) is 48.0 Å². The number of benzene rings is 2. The number of rotatable bonds is 4. The van der Waals surface area contributed by atoms with Crippen molar-refractivity contribution < 1.29 is 4.79 Å². The average Bonchev–Trinajstić information content (AvgIpc) is 3.19. The molecule has 0 N–H and O–H groups in total. The van der Waals surface area contributed by atoms with Crippen LogP contribution in [0.3, 0.4) is 0 Å². The minimum Gasteiger partial charge on any atom is -0.340 e. The molecule has 4 aromatic rings. The summed E-state index contributed by atoms with van der Waals surface area (Å²) in [4.78, 5) is 16.9. The Morgan fingerprint density at radius 2 is 1.92 bits per heavy atom. The molecule has 0 bridgehead atoms. The van der Waals surface area contributed by atoms with Gasteiger partial charge in [-0.25, -0.2) is 4.98 Å². The number of hydrogen-bond donors (Lipinski definition) is 0. The fourth-order valence-electron chi connectivity index (χ4n) is 3.45. The van der Waals surface area contributed by atoms with E-state index in [2.05, 4.69) is 71.9 Å². The van der Waals surface area contributed by atoms with Crippen molar-refractivity contribution in [2.75, 3.05) is 0 Å². The Kier molecular flexibility index (Phi) is 4.21. The number of aryl methyl sites for hydroxylation is 1. The third-order valence-electron chi connectivity index (χ3n) is 4.72. The summed E-state index contributed by atoms with van der Waals surface area (Å²) in [5.41, 5.74) is 6.05. The molecule has 26 heavy (non-hydrogen) atoms. The molecule has 0 aliphatic rings. The fraction of sp³-hybridized carbons (Fsp3) is 0.182. The molecule has 0 radical (unpaired) electrons. The summed E-state index contributed by atoms with van der Waals surface area (Å²) in [6, 6.07) is 17.0. The van der Waals surface area contributed by atoms with E-state index in [1.54, 1.807) is 13.1 Å². The fourth-order valence-corrected chi connectivity index (χ4v) is 4.37. The van der Waals surface area contributed by atoms with Gasteiger partial charge in [-0.3, -0.25) is 4.79 Å². The Morgan fingerprint density at radius 1 is 1.12 bits per heavy atom. The Hall–Kier alpha value is -2.72. The van der Waals surface area contributed by atoms with Crippen LogP contribution in [-0.2, 0) is 6.54 Å². The lowest BCUT2D eigenvalue weighted by Crippen LogP contribution is -2.02. The van der Waals surface area contributed by atoms with Crippen LogP contribution >= 0.6 is 11.3 Å². The van der Waals surface area contributed by atoms with E-state index in [4.69, 9.17) is 0 Å². The van der Waals surface area contributed by atoms with E-state index in [1.165, 1.54) is 39.1 Å². The molecule has 0 fully saturated rings. The van der Waals surface area contributed by atoms with Crippen LogP contribution in [0, 0.1) is 13.8 Å². The minimum absolute atomic E-state index is 0.0647. The molecule has 4 heteroatoms. The van der Waals surface area contributed by atoms with Crippen molar-refractivity contribution in [2.24, 2.45) is 0 Å². The molecule has 2 aromatic heterocycles. The van der Waals surface area contributed by atoms with Gasteiger partial charge in [0.1, 0.15) is 5.01 Å². The van der Waals surface area contributed by atoms with Gasteiger partial charge in [0.25, 0.3) is 0 Å². The van der Waals surface area contributed by atoms with E-state index in [9.17, 15) is 4.79 Å². The lowest BCUT2D eigenvalue weighted by atomic mass is 10.1. The second-order valence-corrected chi connectivity index (χ2v) is 7.67. The first-order valence-corrected chi connectivity index (χ1v) is 9.47. The Morgan fingerprint density at radius 3 is 2.65 bits per heavy atom. The molecule has 0 unspecified atom stereocenters. The highest BCUT2D eigenvalue weighted by molar-refractivity contribution is 7.17. The monoisotopic (exact) mass is 360 g/mol. The largest absolute Gasteiger partial charge is 0.340 e. The van der Waals surface area contributed by atoms with Crippen LogP contribution in [0.15, 0.2) is 54.7 Å². The number of carbonyl (C=O) groups is 1. The van der Waals surface area contributed by atoms with Crippen LogP contribution in [0.1, 0.15) is 33.4 Å². The van der Waals surface area contributed by atoms with Crippen molar-refractivity contribution >= 4 is 28.0 Å². The zero-order chi connectivity index (χ0) is 18.3. The first kappa shape index (κ1) is 16.7. The van der Waals surface area contributed by atoms with Gasteiger partial charge in [0.15, 0.2) is 5.78 Å². The summed E-state index contributed by atoms with van der Waals surface area (Å²) in [6.07, 6.45) is 1.69. The van der Waals surface area contributed by atoms with Crippen LogP contribution in [0.5, 0.6) is 0 Å². The number of hydrogen-bond acceptors (Lipinski definition) is 3. The molecule has 2 aromatic carbocycles. The summed E-state index contributed by atoms with van der Waals surface area (Å²) < 4.78 is 2.34. The molecular weight excluding hydrogens is 340 g/mol. The number of fused-ring (bicyclic) bond motifs is 1. The number of nitrogens with zero attached hydrogens (tertiary/aromatic N) is 2. The van der Waals surface area contributed by atoms with Gasteiger partial charge in [-0.05, 0) is 25.5 Å². The van der Waals surface area contributed by atoms with Gasteiger partial charge >= 0.3 is 0 Å². The SMILES string of the molecule is CC(=O)c1cnc(-c2c(C)n(Cc3cccc(C)c3)c3ccccc23)s1. The third kappa shape index (κ3) is 2.86. The molecule has 0 aliphatic heterocycles. The van der Waals surface area contributed by atoms with Gasteiger partial charge < -0.3 is 4.57 Å². The van der Waals surface area contributed by atoms with Crippen LogP contribution in [0.2, 0.25) is 0 Å². The standard InChI is InChI=1S/C22H20N2OS/c1-14-7-6-8-17(11-14)13-24-15(2)21(18-9-4-5-10-19(18)24)22-23-12-20(26-22)16(3)25/h4-12H,13H2,1-3H3. The topological polar surface area (TPSA) is 34.9 Å². The normalized spacial score (nSPS) is 11.2. The number of carbonyl (C=O) groups excluding carboxylic acids is 1. The van der Waals surface area contributed by atoms with E-state index in [-0.39, 0.29) is 5.78 Å². The molecule has 0 aliphatic carbocycles. The summed E-state index contributed by atoms with van der Waals surface area (Å²) in [7, 11) is 0. The maximum Gasteiger partial charge on any atom is 0.171 e. The van der Waals surface area contributed by atoms with E-state index >= 15 is 0 Å². The summed E-state index contributed by atoms with van der Waals surface area (Å²) in [5, 5.41) is 2.09. The van der Waals surface area contributed by atoms with Crippen molar-refractivity contribution in [3.63, 3.8) is 0 Å². The zero-order valence-corrected chi connectivity index (χ0v) is 15.9. The first-order chi connectivity index (χ1) is 12.5. The molecule has 0 saturated heterocycles. The first-order valence-electron chi connectivity index (χ1n) is 8.65. The van der Waals surface area contributed by atoms with Crippen molar-refractivity contribution in [1.82, 2.24) is 9.55 Å². The highest BCUT2D eigenvalue weighted by Crippen LogP contribution is 2.37. The Bertz CT molecular complexity index is 1120. The second-order valence-electron chi connectivity index (χ2n) is 6.64. The van der Waals surface area contributed by atoms with Crippen molar-refractivity contribution in [3.8, 4) is 10.6 Å². The molecule has 0 atom stereocenters. The number of para-hydroxylation sites is 1. The van der Waals surface area contributed by atoms with Gasteiger partial charge in [0.05, 0.1) is 4.88 Å². The summed E-state index contributed by atoms with van der Waals surface area (Å²) in [6.45, 7) is 6.67. The van der Waals surface area contributed by atoms with Gasteiger partial charge in [-0.15, -0.1) is 11.3 Å². The van der Waals surface area contributed by atoms with Crippen LogP contribution in [0.4, 0.5) is 0 Å². The molecule has 130 valence electrons. The van der Waals surface area contributed by atoms with Crippen molar-refractivity contribution in [1.29, 1.82) is 0 Å². The molecule has 4 rings (SSSR count). The second kappa shape index (κ2) is 6.54. The smallest absolute Gasteiger partial charge is 0.171 e. The van der Waals surface area contributed by atoms with E-state index < -0.39 is 0 Å². The molecular formula is C22H20N2OS. The Balaban J connectivity index is 1.89. The van der Waals surface area contributed by atoms with Crippen LogP contribution < -0.4 is 0 Å². The Labute approximate surface area is 156 Å². The molecule has 0 spiro atoms. The maximum atomic E-state index is 11.7. The predicted octanol–water partition coefficient (Wildman–Crippen LogP) is 5.63. The molecule has 3 nitrogen and oxygen atoms in total. The third-order valence-corrected chi connectivity index (χ3v) is 5.84. The highest BCUT2D eigenvalue weighted by atomic mass is 32.1. The maximum absolute atomic E-state index is 11.7. The molecule has 0 amide bonds. The lowest BCUT2D eigenvalue weighted by Gasteiger charge is -2.09. The van der Waals surface area contributed by atoms with E-state index in [0.29, 0.717) is 4.88 Å². The van der Waals surface area contributed by atoms with Gasteiger partial charge in [-0.2, -0.15) is 0 Å². The number of thiazole rings is 1. The van der Waals surface area contributed by atoms with Gasteiger partial charge in [0.2, 0.25) is 0 Å². The summed E-state index contributed by atoms with van der Waals surface area (Å²) >= 11 is 1.47. The highest BCUT2D eigenvalue weighted by Gasteiger charge is 2.19. The van der Waals surface area contributed by atoms with E-state index in [0.717, 1.165) is 17.1 Å². The predicted molar refractivity (Wildman–Crippen MR) is 108 cm³/mol. The summed E-state index contributed by atoms with van der Waals surface area (Å²) in [5.74, 6) is 0.0647. The number of aromatic nitrogens is 2. The zero-order valence-electron chi connectivity index (χ0n) is 15.1. The van der Waals surface area contributed by atoms with Crippen molar-refractivity contribution in [3.05, 3.63) is 76.4 Å². The van der Waals surface area contributed by atoms with Crippen LogP contribution in [0.25, 0.3) is 21.5 Å². The quantitative estimate of drug-likeness (QED) is 0.442.